The Morgan fingerprint density at radius 1 is 1.20 bits per heavy atom. The molecule has 1 fully saturated rings. The zero-order valence-electron chi connectivity index (χ0n) is 18.1. The highest BCUT2D eigenvalue weighted by atomic mass is 32.1. The van der Waals surface area contributed by atoms with Crippen molar-refractivity contribution >= 4 is 32.6 Å². The number of fused-ring (bicyclic) bond motifs is 1. The highest BCUT2D eigenvalue weighted by molar-refractivity contribution is 7.22. The minimum Gasteiger partial charge on any atom is -0.379 e. The topological polar surface area (TPSA) is 63.5 Å². The number of hydrogen-bond donors (Lipinski definition) is 0. The Morgan fingerprint density at radius 2 is 1.97 bits per heavy atom. The first-order chi connectivity index (χ1) is 14.4. The molecule has 1 saturated heterocycles. The molecule has 0 unspecified atom stereocenters. The Balaban J connectivity index is 1.61. The third-order valence-corrected chi connectivity index (χ3v) is 6.69. The Bertz CT molecular complexity index is 1050. The lowest BCUT2D eigenvalue weighted by Gasteiger charge is -2.27. The molecule has 0 bridgehead atoms. The Kier molecular flexibility index (Phi) is 6.17. The van der Waals surface area contributed by atoms with Crippen LogP contribution in [0.4, 0.5) is 5.13 Å². The van der Waals surface area contributed by atoms with Crippen molar-refractivity contribution in [3.05, 3.63) is 40.7 Å². The van der Waals surface area contributed by atoms with Gasteiger partial charge in [0.1, 0.15) is 0 Å². The second-order valence-corrected chi connectivity index (χ2v) is 9.00. The molecule has 0 radical (unpaired) electrons. The van der Waals surface area contributed by atoms with Crippen molar-refractivity contribution in [2.45, 2.75) is 27.2 Å². The van der Waals surface area contributed by atoms with Gasteiger partial charge in [0.2, 0.25) is 0 Å². The molecule has 1 aliphatic rings. The number of aryl methyl sites for hydroxylation is 4. The summed E-state index contributed by atoms with van der Waals surface area (Å²) in [6.07, 6.45) is 2.76. The molecule has 3 aromatic rings. The molecule has 0 saturated carbocycles. The van der Waals surface area contributed by atoms with E-state index in [0.29, 0.717) is 12.2 Å². The summed E-state index contributed by atoms with van der Waals surface area (Å²) in [6, 6.07) is 4.25. The Morgan fingerprint density at radius 3 is 2.67 bits per heavy atom. The summed E-state index contributed by atoms with van der Waals surface area (Å²) in [7, 11) is 1.84. The number of morpholine rings is 1. The largest absolute Gasteiger partial charge is 0.379 e. The summed E-state index contributed by atoms with van der Waals surface area (Å²) in [4.78, 5) is 22.5. The predicted molar refractivity (Wildman–Crippen MR) is 121 cm³/mol. The highest BCUT2D eigenvalue weighted by Crippen LogP contribution is 2.33. The summed E-state index contributed by atoms with van der Waals surface area (Å²) >= 11 is 1.59. The number of aromatic nitrogens is 3. The molecular formula is C22H29N5O2S. The molecule has 0 aliphatic carbocycles. The van der Waals surface area contributed by atoms with Gasteiger partial charge >= 0.3 is 0 Å². The van der Waals surface area contributed by atoms with E-state index >= 15 is 0 Å². The van der Waals surface area contributed by atoms with Crippen LogP contribution in [0.15, 0.2) is 18.3 Å². The third kappa shape index (κ3) is 4.40. The monoisotopic (exact) mass is 427 g/mol. The number of amides is 1. The fraction of sp³-hybridized carbons (Fsp3) is 0.500. The number of carbonyl (C=O) groups is 1. The first-order valence-corrected chi connectivity index (χ1v) is 11.2. The summed E-state index contributed by atoms with van der Waals surface area (Å²) in [5.74, 6) is -0.0801. The van der Waals surface area contributed by atoms with E-state index in [9.17, 15) is 4.79 Å². The molecule has 1 amide bonds. The SMILES string of the molecule is Cc1cc(C)c2sc(N(CCCN3CCOCC3)C(=O)c3nn(C)cc3C)nc2c1. The number of carbonyl (C=O) groups excluding carboxylic acids is 1. The number of rotatable bonds is 6. The Hall–Kier alpha value is -2.29. The second kappa shape index (κ2) is 8.83. The van der Waals surface area contributed by atoms with Crippen LogP contribution in [0.25, 0.3) is 10.2 Å². The van der Waals surface area contributed by atoms with Crippen LogP contribution in [0.1, 0.15) is 33.6 Å². The standard InChI is InChI=1S/C22H29N5O2S/c1-15-12-16(2)20-18(13-15)23-22(30-20)27(7-5-6-26-8-10-29-11-9-26)21(28)19-17(3)14-25(4)24-19/h12-14H,5-11H2,1-4H3. The van der Waals surface area contributed by atoms with E-state index < -0.39 is 0 Å². The maximum Gasteiger partial charge on any atom is 0.280 e. The molecule has 1 aliphatic heterocycles. The van der Waals surface area contributed by atoms with Crippen LogP contribution in [-0.2, 0) is 11.8 Å². The third-order valence-electron chi connectivity index (χ3n) is 5.46. The first-order valence-electron chi connectivity index (χ1n) is 10.4. The van der Waals surface area contributed by atoms with Crippen molar-refractivity contribution in [3.63, 3.8) is 0 Å². The number of anilines is 1. The molecule has 8 heteroatoms. The minimum absolute atomic E-state index is 0.0801. The molecule has 160 valence electrons. The number of benzene rings is 1. The van der Waals surface area contributed by atoms with Crippen molar-refractivity contribution in [3.8, 4) is 0 Å². The molecule has 2 aromatic heterocycles. The summed E-state index contributed by atoms with van der Waals surface area (Å²) in [6.45, 7) is 11.1. The van der Waals surface area contributed by atoms with Gasteiger partial charge in [-0.15, -0.1) is 0 Å². The van der Waals surface area contributed by atoms with Gasteiger partial charge in [0.05, 0.1) is 23.4 Å². The van der Waals surface area contributed by atoms with Gasteiger partial charge in [-0.2, -0.15) is 5.10 Å². The van der Waals surface area contributed by atoms with E-state index in [0.717, 1.165) is 60.2 Å². The lowest BCUT2D eigenvalue weighted by molar-refractivity contribution is 0.0376. The number of nitrogens with zero attached hydrogens (tertiary/aromatic N) is 5. The quantitative estimate of drug-likeness (QED) is 0.604. The molecule has 0 spiro atoms. The summed E-state index contributed by atoms with van der Waals surface area (Å²) in [5.41, 5.74) is 4.71. The second-order valence-electron chi connectivity index (χ2n) is 8.03. The summed E-state index contributed by atoms with van der Waals surface area (Å²) < 4.78 is 8.27. The molecule has 0 N–H and O–H groups in total. The molecule has 4 rings (SSSR count). The van der Waals surface area contributed by atoms with Gasteiger partial charge in [-0.3, -0.25) is 19.3 Å². The van der Waals surface area contributed by atoms with Gasteiger partial charge in [-0.25, -0.2) is 4.98 Å². The van der Waals surface area contributed by atoms with Crippen molar-refractivity contribution in [2.24, 2.45) is 7.05 Å². The molecule has 7 nitrogen and oxygen atoms in total. The van der Waals surface area contributed by atoms with Crippen molar-refractivity contribution in [2.75, 3.05) is 44.3 Å². The van der Waals surface area contributed by atoms with Gasteiger partial charge in [0, 0.05) is 45.0 Å². The van der Waals surface area contributed by atoms with Crippen LogP contribution < -0.4 is 4.90 Å². The van der Waals surface area contributed by atoms with Crippen LogP contribution in [-0.4, -0.2) is 65.0 Å². The van der Waals surface area contributed by atoms with Crippen LogP contribution in [0.5, 0.6) is 0 Å². The van der Waals surface area contributed by atoms with Gasteiger partial charge in [0.25, 0.3) is 5.91 Å². The van der Waals surface area contributed by atoms with E-state index in [-0.39, 0.29) is 5.91 Å². The smallest absolute Gasteiger partial charge is 0.280 e. The van der Waals surface area contributed by atoms with Crippen LogP contribution in [0, 0.1) is 20.8 Å². The van der Waals surface area contributed by atoms with Gasteiger partial charge in [-0.1, -0.05) is 17.4 Å². The summed E-state index contributed by atoms with van der Waals surface area (Å²) in [5, 5.41) is 5.16. The number of thiazole rings is 1. The molecule has 0 atom stereocenters. The van der Waals surface area contributed by atoms with E-state index in [4.69, 9.17) is 9.72 Å². The maximum absolute atomic E-state index is 13.5. The average molecular weight is 428 g/mol. The Labute approximate surface area is 181 Å². The van der Waals surface area contributed by atoms with E-state index in [1.165, 1.54) is 11.1 Å². The van der Waals surface area contributed by atoms with E-state index in [2.05, 4.69) is 36.0 Å². The fourth-order valence-electron chi connectivity index (χ4n) is 3.99. The first kappa shape index (κ1) is 21.0. The van der Waals surface area contributed by atoms with Gasteiger partial charge in [0.15, 0.2) is 10.8 Å². The molecule has 30 heavy (non-hydrogen) atoms. The number of ether oxygens (including phenoxy) is 1. The van der Waals surface area contributed by atoms with Gasteiger partial charge in [-0.05, 0) is 44.4 Å². The molecule has 3 heterocycles. The zero-order valence-corrected chi connectivity index (χ0v) is 19.0. The molecular weight excluding hydrogens is 398 g/mol. The normalized spacial score (nSPS) is 15.1. The van der Waals surface area contributed by atoms with E-state index in [1.54, 1.807) is 16.0 Å². The lowest BCUT2D eigenvalue weighted by Crippen LogP contribution is -2.39. The van der Waals surface area contributed by atoms with E-state index in [1.807, 2.05) is 25.1 Å². The minimum atomic E-state index is -0.0801. The predicted octanol–water partition coefficient (Wildman–Crippen LogP) is 3.32. The highest BCUT2D eigenvalue weighted by Gasteiger charge is 2.25. The number of hydrogen-bond acceptors (Lipinski definition) is 6. The maximum atomic E-state index is 13.5. The molecule has 1 aromatic carbocycles. The lowest BCUT2D eigenvalue weighted by atomic mass is 10.1. The van der Waals surface area contributed by atoms with Gasteiger partial charge < -0.3 is 4.74 Å². The van der Waals surface area contributed by atoms with Crippen molar-refractivity contribution in [1.82, 2.24) is 19.7 Å². The fourth-order valence-corrected chi connectivity index (χ4v) is 5.03. The van der Waals surface area contributed by atoms with Crippen molar-refractivity contribution in [1.29, 1.82) is 0 Å². The van der Waals surface area contributed by atoms with Crippen LogP contribution in [0.3, 0.4) is 0 Å². The zero-order chi connectivity index (χ0) is 21.3. The van der Waals surface area contributed by atoms with Crippen LogP contribution >= 0.6 is 11.3 Å². The average Bonchev–Trinajstić information content (AvgIpc) is 3.28. The van der Waals surface area contributed by atoms with Crippen LogP contribution in [0.2, 0.25) is 0 Å². The van der Waals surface area contributed by atoms with Crippen molar-refractivity contribution < 1.29 is 9.53 Å².